The molecule has 38 heavy (non-hydrogen) atoms. The summed E-state index contributed by atoms with van der Waals surface area (Å²) >= 11 is 0. The SMILES string of the molecule is CCN1CCN(c2cc(F)ccc2CNC(=O)c2cccc(Nc3ccc(-c4ccccc4)nn3)c2)CC1. The van der Waals surface area contributed by atoms with Gasteiger partial charge in [-0.2, -0.15) is 0 Å². The molecular formula is C30H31FN6O. The Labute approximate surface area is 222 Å². The number of carbonyl (C=O) groups is 1. The molecule has 1 aromatic heterocycles. The van der Waals surface area contributed by atoms with Gasteiger partial charge in [0.2, 0.25) is 0 Å². The highest BCUT2D eigenvalue weighted by molar-refractivity contribution is 5.95. The molecule has 7 nitrogen and oxygen atoms in total. The van der Waals surface area contributed by atoms with Crippen molar-refractivity contribution in [2.45, 2.75) is 13.5 Å². The third-order valence-corrected chi connectivity index (χ3v) is 6.78. The molecule has 1 fully saturated rings. The van der Waals surface area contributed by atoms with E-state index in [-0.39, 0.29) is 11.7 Å². The number of aromatic nitrogens is 2. The Morgan fingerprint density at radius 3 is 2.45 bits per heavy atom. The topological polar surface area (TPSA) is 73.4 Å². The van der Waals surface area contributed by atoms with Gasteiger partial charge in [0, 0.05) is 55.2 Å². The van der Waals surface area contributed by atoms with Crippen LogP contribution in [0.15, 0.2) is 84.9 Å². The minimum atomic E-state index is -0.272. The zero-order valence-electron chi connectivity index (χ0n) is 21.4. The molecule has 4 aromatic rings. The third-order valence-electron chi connectivity index (χ3n) is 6.78. The van der Waals surface area contributed by atoms with Crippen molar-refractivity contribution >= 4 is 23.1 Å². The van der Waals surface area contributed by atoms with Crippen LogP contribution in [-0.2, 0) is 6.54 Å². The van der Waals surface area contributed by atoms with Crippen LogP contribution in [0.3, 0.4) is 0 Å². The van der Waals surface area contributed by atoms with Crippen molar-refractivity contribution in [3.8, 4) is 11.3 Å². The van der Waals surface area contributed by atoms with Crippen LogP contribution in [0.4, 0.5) is 21.6 Å². The van der Waals surface area contributed by atoms with E-state index >= 15 is 0 Å². The van der Waals surface area contributed by atoms with Gasteiger partial charge in [0.05, 0.1) is 5.69 Å². The Kier molecular flexibility index (Phi) is 7.89. The van der Waals surface area contributed by atoms with Gasteiger partial charge in [0.1, 0.15) is 5.82 Å². The lowest BCUT2D eigenvalue weighted by Gasteiger charge is -2.36. The number of benzene rings is 3. The van der Waals surface area contributed by atoms with E-state index in [0.29, 0.717) is 17.9 Å². The Hall–Kier alpha value is -4.30. The standard InChI is InChI=1S/C30H31FN6O/c1-2-36-15-17-37(18-16-36)28-20-25(31)12-11-24(28)21-32-30(38)23-9-6-10-26(19-23)33-29-14-13-27(34-35-29)22-7-4-3-5-8-22/h3-14,19-20H,2,15-18,21H2,1H3,(H,32,38)(H,33,35). The number of hydrogen-bond donors (Lipinski definition) is 2. The molecule has 0 saturated carbocycles. The van der Waals surface area contributed by atoms with Gasteiger partial charge in [-0.15, -0.1) is 10.2 Å². The Morgan fingerprint density at radius 1 is 0.895 bits per heavy atom. The summed E-state index contributed by atoms with van der Waals surface area (Å²) in [5.74, 6) is 0.110. The molecule has 1 saturated heterocycles. The molecule has 5 rings (SSSR count). The Balaban J connectivity index is 1.23. The van der Waals surface area contributed by atoms with E-state index in [1.807, 2.05) is 54.6 Å². The normalized spacial score (nSPS) is 13.8. The second-order valence-electron chi connectivity index (χ2n) is 9.25. The van der Waals surface area contributed by atoms with Crippen molar-refractivity contribution in [1.29, 1.82) is 0 Å². The van der Waals surface area contributed by atoms with E-state index in [9.17, 15) is 9.18 Å². The van der Waals surface area contributed by atoms with Gasteiger partial charge >= 0.3 is 0 Å². The van der Waals surface area contributed by atoms with E-state index in [0.717, 1.165) is 60.9 Å². The molecule has 194 valence electrons. The highest BCUT2D eigenvalue weighted by Crippen LogP contribution is 2.24. The number of likely N-dealkylation sites (N-methyl/N-ethyl adjacent to an activating group) is 1. The van der Waals surface area contributed by atoms with E-state index in [4.69, 9.17) is 0 Å². The van der Waals surface area contributed by atoms with Crippen molar-refractivity contribution < 1.29 is 9.18 Å². The number of piperazine rings is 1. The molecular weight excluding hydrogens is 479 g/mol. The molecule has 0 unspecified atom stereocenters. The maximum atomic E-state index is 14.1. The highest BCUT2D eigenvalue weighted by atomic mass is 19.1. The molecule has 0 spiro atoms. The smallest absolute Gasteiger partial charge is 0.251 e. The van der Waals surface area contributed by atoms with E-state index < -0.39 is 0 Å². The lowest BCUT2D eigenvalue weighted by molar-refractivity contribution is 0.0951. The summed E-state index contributed by atoms with van der Waals surface area (Å²) in [6.07, 6.45) is 0. The maximum absolute atomic E-state index is 14.1. The van der Waals surface area contributed by atoms with Gasteiger partial charge in [-0.25, -0.2) is 4.39 Å². The van der Waals surface area contributed by atoms with Crippen LogP contribution in [0.1, 0.15) is 22.8 Å². The Bertz CT molecular complexity index is 1370. The van der Waals surface area contributed by atoms with Crippen LogP contribution in [0.2, 0.25) is 0 Å². The molecule has 2 N–H and O–H groups in total. The number of rotatable bonds is 8. The van der Waals surface area contributed by atoms with Crippen molar-refractivity contribution in [2.75, 3.05) is 42.9 Å². The number of anilines is 3. The number of halogens is 1. The molecule has 2 heterocycles. The van der Waals surface area contributed by atoms with Crippen LogP contribution in [0, 0.1) is 5.82 Å². The molecule has 1 amide bonds. The average Bonchev–Trinajstić information content (AvgIpc) is 2.97. The van der Waals surface area contributed by atoms with Crippen molar-refractivity contribution in [3.63, 3.8) is 0 Å². The fourth-order valence-corrected chi connectivity index (χ4v) is 4.61. The summed E-state index contributed by atoms with van der Waals surface area (Å²) in [4.78, 5) is 17.6. The third kappa shape index (κ3) is 6.15. The first kappa shape index (κ1) is 25.4. The largest absolute Gasteiger partial charge is 0.369 e. The fourth-order valence-electron chi connectivity index (χ4n) is 4.61. The first-order chi connectivity index (χ1) is 18.6. The van der Waals surface area contributed by atoms with E-state index in [1.54, 1.807) is 24.3 Å². The van der Waals surface area contributed by atoms with E-state index in [1.165, 1.54) is 6.07 Å². The zero-order chi connectivity index (χ0) is 26.3. The van der Waals surface area contributed by atoms with Gasteiger partial charge in [0.15, 0.2) is 5.82 Å². The van der Waals surface area contributed by atoms with Crippen LogP contribution in [-0.4, -0.2) is 53.7 Å². The van der Waals surface area contributed by atoms with Gasteiger partial charge in [-0.05, 0) is 54.6 Å². The molecule has 1 aliphatic heterocycles. The van der Waals surface area contributed by atoms with Gasteiger partial charge in [-0.3, -0.25) is 4.79 Å². The summed E-state index contributed by atoms with van der Waals surface area (Å²) in [6.45, 7) is 7.03. The summed E-state index contributed by atoms with van der Waals surface area (Å²) in [5.41, 5.74) is 4.77. The molecule has 0 atom stereocenters. The monoisotopic (exact) mass is 510 g/mol. The number of hydrogen-bond acceptors (Lipinski definition) is 6. The number of amides is 1. The molecule has 3 aromatic carbocycles. The lowest BCUT2D eigenvalue weighted by Crippen LogP contribution is -2.46. The predicted octanol–water partition coefficient (Wildman–Crippen LogP) is 5.10. The summed E-state index contributed by atoms with van der Waals surface area (Å²) < 4.78 is 14.1. The lowest BCUT2D eigenvalue weighted by atomic mass is 10.1. The zero-order valence-corrected chi connectivity index (χ0v) is 21.4. The van der Waals surface area contributed by atoms with Gasteiger partial charge in [-0.1, -0.05) is 49.4 Å². The van der Waals surface area contributed by atoms with Crippen LogP contribution < -0.4 is 15.5 Å². The summed E-state index contributed by atoms with van der Waals surface area (Å²) in [6, 6.07) is 25.6. The predicted molar refractivity (Wildman–Crippen MR) is 149 cm³/mol. The first-order valence-electron chi connectivity index (χ1n) is 12.9. The van der Waals surface area contributed by atoms with Crippen molar-refractivity contribution in [2.24, 2.45) is 0 Å². The van der Waals surface area contributed by atoms with Gasteiger partial charge < -0.3 is 20.4 Å². The Morgan fingerprint density at radius 2 is 1.71 bits per heavy atom. The summed E-state index contributed by atoms with van der Waals surface area (Å²) in [5, 5.41) is 14.8. The molecule has 8 heteroatoms. The second-order valence-corrected chi connectivity index (χ2v) is 9.25. The van der Waals surface area contributed by atoms with Crippen LogP contribution >= 0.6 is 0 Å². The molecule has 0 radical (unpaired) electrons. The van der Waals surface area contributed by atoms with Crippen molar-refractivity contribution in [1.82, 2.24) is 20.4 Å². The molecule has 1 aliphatic rings. The average molecular weight is 511 g/mol. The highest BCUT2D eigenvalue weighted by Gasteiger charge is 2.19. The van der Waals surface area contributed by atoms with Crippen molar-refractivity contribution in [3.05, 3.63) is 102 Å². The number of nitrogens with one attached hydrogen (secondary N) is 2. The first-order valence-corrected chi connectivity index (χ1v) is 12.9. The minimum absolute atomic E-state index is 0.203. The fraction of sp³-hybridized carbons (Fsp3) is 0.233. The van der Waals surface area contributed by atoms with Crippen LogP contribution in [0.5, 0.6) is 0 Å². The number of carbonyl (C=O) groups excluding carboxylic acids is 1. The minimum Gasteiger partial charge on any atom is -0.369 e. The van der Waals surface area contributed by atoms with Crippen LogP contribution in [0.25, 0.3) is 11.3 Å². The molecule has 0 aliphatic carbocycles. The van der Waals surface area contributed by atoms with Gasteiger partial charge in [0.25, 0.3) is 5.91 Å². The van der Waals surface area contributed by atoms with E-state index in [2.05, 4.69) is 37.6 Å². The summed E-state index contributed by atoms with van der Waals surface area (Å²) in [7, 11) is 0. The maximum Gasteiger partial charge on any atom is 0.251 e. The second kappa shape index (κ2) is 11.8. The number of nitrogens with zero attached hydrogens (tertiary/aromatic N) is 4. The molecule has 0 bridgehead atoms. The quantitative estimate of drug-likeness (QED) is 0.344.